The third-order valence-electron chi connectivity index (χ3n) is 5.47. The minimum absolute atomic E-state index is 0.170. The molecule has 0 radical (unpaired) electrons. The topological polar surface area (TPSA) is 110 Å². The molecule has 2 amide bonds. The number of hydrogen-bond donors (Lipinski definition) is 2. The summed E-state index contributed by atoms with van der Waals surface area (Å²) in [6.07, 6.45) is 3.55. The number of aryl methyl sites for hydroxylation is 2. The molecule has 2 aromatic heterocycles. The maximum atomic E-state index is 12.9. The maximum Gasteiger partial charge on any atom is 0.262 e. The Labute approximate surface area is 177 Å². The number of nitrogens with one attached hydrogen (secondary N) is 1. The van der Waals surface area contributed by atoms with Gasteiger partial charge in [0.15, 0.2) is 0 Å². The van der Waals surface area contributed by atoms with Crippen molar-refractivity contribution in [1.29, 1.82) is 0 Å². The van der Waals surface area contributed by atoms with Crippen LogP contribution in [0.5, 0.6) is 0 Å². The van der Waals surface area contributed by atoms with Crippen LogP contribution in [0.3, 0.4) is 0 Å². The molecule has 1 aliphatic rings. The molecular formula is C21H23N5O3S. The quantitative estimate of drug-likeness (QED) is 0.652. The summed E-state index contributed by atoms with van der Waals surface area (Å²) in [4.78, 5) is 45.5. The first-order valence-corrected chi connectivity index (χ1v) is 10.6. The van der Waals surface area contributed by atoms with Crippen molar-refractivity contribution in [2.75, 3.05) is 23.3 Å². The number of primary amides is 1. The molecular weight excluding hydrogens is 402 g/mol. The van der Waals surface area contributed by atoms with Crippen LogP contribution in [0.1, 0.15) is 33.6 Å². The average Bonchev–Trinajstić information content (AvgIpc) is 3.33. The molecule has 4 rings (SSSR count). The Kier molecular flexibility index (Phi) is 5.29. The van der Waals surface area contributed by atoms with Crippen molar-refractivity contribution >= 4 is 44.7 Å². The van der Waals surface area contributed by atoms with Crippen LogP contribution in [0, 0.1) is 13.8 Å². The van der Waals surface area contributed by atoms with E-state index in [0.29, 0.717) is 21.5 Å². The summed E-state index contributed by atoms with van der Waals surface area (Å²) in [5.41, 5.74) is 7.75. The monoisotopic (exact) mass is 425 g/mol. The predicted octanol–water partition coefficient (Wildman–Crippen LogP) is 2.41. The highest BCUT2D eigenvalue weighted by Crippen LogP contribution is 2.30. The predicted molar refractivity (Wildman–Crippen MR) is 118 cm³/mol. The SMILES string of the molecule is Cc1sc2ncn(CC(=O)Nc3cc(C(N)=O)ccc3N3CCCC3)c(=O)c2c1C. The number of rotatable bonds is 5. The van der Waals surface area contributed by atoms with Gasteiger partial charge in [0.05, 0.1) is 23.1 Å². The summed E-state index contributed by atoms with van der Waals surface area (Å²) < 4.78 is 1.31. The molecule has 0 atom stereocenters. The summed E-state index contributed by atoms with van der Waals surface area (Å²) in [6, 6.07) is 5.05. The van der Waals surface area contributed by atoms with Crippen molar-refractivity contribution in [2.45, 2.75) is 33.2 Å². The second kappa shape index (κ2) is 7.91. The van der Waals surface area contributed by atoms with Crippen molar-refractivity contribution in [3.05, 3.63) is 50.9 Å². The number of benzene rings is 1. The van der Waals surface area contributed by atoms with Gasteiger partial charge < -0.3 is 16.0 Å². The van der Waals surface area contributed by atoms with Gasteiger partial charge in [0.2, 0.25) is 11.8 Å². The molecule has 9 heteroatoms. The zero-order valence-corrected chi connectivity index (χ0v) is 17.7. The number of anilines is 2. The Balaban J connectivity index is 1.62. The largest absolute Gasteiger partial charge is 0.370 e. The van der Waals surface area contributed by atoms with Crippen molar-refractivity contribution in [3.63, 3.8) is 0 Å². The molecule has 156 valence electrons. The molecule has 0 bridgehead atoms. The molecule has 1 saturated heterocycles. The van der Waals surface area contributed by atoms with E-state index >= 15 is 0 Å². The number of nitrogens with zero attached hydrogens (tertiary/aromatic N) is 3. The highest BCUT2D eigenvalue weighted by atomic mass is 32.1. The van der Waals surface area contributed by atoms with E-state index in [1.807, 2.05) is 13.8 Å². The molecule has 1 fully saturated rings. The fourth-order valence-electron chi connectivity index (χ4n) is 3.75. The van der Waals surface area contributed by atoms with Crippen molar-refractivity contribution in [1.82, 2.24) is 9.55 Å². The summed E-state index contributed by atoms with van der Waals surface area (Å²) in [5, 5.41) is 3.41. The first-order chi connectivity index (χ1) is 14.3. The van der Waals surface area contributed by atoms with E-state index in [9.17, 15) is 14.4 Å². The second-order valence-corrected chi connectivity index (χ2v) is 8.68. The Morgan fingerprint density at radius 3 is 2.67 bits per heavy atom. The summed E-state index contributed by atoms with van der Waals surface area (Å²) in [7, 11) is 0. The lowest BCUT2D eigenvalue weighted by molar-refractivity contribution is -0.116. The number of hydrogen-bond acceptors (Lipinski definition) is 6. The molecule has 0 aliphatic carbocycles. The number of carbonyl (C=O) groups is 2. The number of fused-ring (bicyclic) bond motifs is 1. The molecule has 1 aromatic carbocycles. The standard InChI is InChI=1S/C21H23N5O3S/c1-12-13(2)30-20-18(12)21(29)26(11-23-20)10-17(27)24-15-9-14(19(22)28)5-6-16(15)25-7-3-4-8-25/h5-6,9,11H,3-4,7-8,10H2,1-2H3,(H2,22,28)(H,24,27). The van der Waals surface area contributed by atoms with Crippen LogP contribution in [0.4, 0.5) is 11.4 Å². The third-order valence-corrected chi connectivity index (χ3v) is 6.59. The van der Waals surface area contributed by atoms with Crippen LogP contribution in [-0.4, -0.2) is 34.5 Å². The van der Waals surface area contributed by atoms with Gasteiger partial charge in [-0.15, -0.1) is 11.3 Å². The number of thiophene rings is 1. The molecule has 3 N–H and O–H groups in total. The van der Waals surface area contributed by atoms with E-state index in [-0.39, 0.29) is 18.0 Å². The van der Waals surface area contributed by atoms with E-state index in [2.05, 4.69) is 15.2 Å². The maximum absolute atomic E-state index is 12.9. The molecule has 1 aliphatic heterocycles. The Bertz CT molecular complexity index is 1210. The Morgan fingerprint density at radius 2 is 1.97 bits per heavy atom. The van der Waals surface area contributed by atoms with Crippen LogP contribution < -0.4 is 21.5 Å². The third kappa shape index (κ3) is 3.68. The van der Waals surface area contributed by atoms with Gasteiger partial charge in [-0.25, -0.2) is 4.98 Å². The molecule has 3 aromatic rings. The van der Waals surface area contributed by atoms with Gasteiger partial charge in [0, 0.05) is 23.5 Å². The lowest BCUT2D eigenvalue weighted by atomic mass is 10.1. The van der Waals surface area contributed by atoms with E-state index < -0.39 is 5.91 Å². The highest BCUT2D eigenvalue weighted by molar-refractivity contribution is 7.18. The van der Waals surface area contributed by atoms with Gasteiger partial charge >= 0.3 is 0 Å². The first-order valence-electron chi connectivity index (χ1n) is 9.79. The van der Waals surface area contributed by atoms with Gasteiger partial charge in [-0.05, 0) is 50.5 Å². The summed E-state index contributed by atoms with van der Waals surface area (Å²) >= 11 is 1.47. The van der Waals surface area contributed by atoms with Gasteiger partial charge in [-0.2, -0.15) is 0 Å². The Hall–Kier alpha value is -3.20. The zero-order valence-electron chi connectivity index (χ0n) is 16.9. The van der Waals surface area contributed by atoms with Crippen LogP contribution in [-0.2, 0) is 11.3 Å². The van der Waals surface area contributed by atoms with Crippen LogP contribution in [0.25, 0.3) is 10.2 Å². The number of aromatic nitrogens is 2. The lowest BCUT2D eigenvalue weighted by Gasteiger charge is -2.22. The van der Waals surface area contributed by atoms with Gasteiger partial charge in [-0.3, -0.25) is 19.0 Å². The Morgan fingerprint density at radius 1 is 1.23 bits per heavy atom. The normalized spacial score (nSPS) is 13.7. The molecule has 30 heavy (non-hydrogen) atoms. The lowest BCUT2D eigenvalue weighted by Crippen LogP contribution is -2.29. The zero-order chi connectivity index (χ0) is 21.4. The van der Waals surface area contributed by atoms with E-state index in [4.69, 9.17) is 5.73 Å². The number of carbonyl (C=O) groups excluding carboxylic acids is 2. The van der Waals surface area contributed by atoms with E-state index in [1.54, 1.807) is 18.2 Å². The molecule has 8 nitrogen and oxygen atoms in total. The van der Waals surface area contributed by atoms with Crippen molar-refractivity contribution < 1.29 is 9.59 Å². The molecule has 0 saturated carbocycles. The van der Waals surface area contributed by atoms with Gasteiger partial charge in [0.1, 0.15) is 11.4 Å². The fourth-order valence-corrected chi connectivity index (χ4v) is 4.74. The van der Waals surface area contributed by atoms with Crippen LogP contribution in [0.2, 0.25) is 0 Å². The first kappa shape index (κ1) is 20.1. The molecule has 0 spiro atoms. The fraction of sp³-hybridized carbons (Fsp3) is 0.333. The van der Waals surface area contributed by atoms with Crippen LogP contribution in [0.15, 0.2) is 29.3 Å². The smallest absolute Gasteiger partial charge is 0.262 e. The van der Waals surface area contributed by atoms with Gasteiger partial charge in [-0.1, -0.05) is 0 Å². The molecule has 0 unspecified atom stereocenters. The minimum Gasteiger partial charge on any atom is -0.370 e. The average molecular weight is 426 g/mol. The molecule has 3 heterocycles. The second-order valence-electron chi connectivity index (χ2n) is 7.48. The van der Waals surface area contributed by atoms with Gasteiger partial charge in [0.25, 0.3) is 5.56 Å². The number of amides is 2. The minimum atomic E-state index is -0.562. The van der Waals surface area contributed by atoms with E-state index in [0.717, 1.165) is 42.1 Å². The summed E-state index contributed by atoms with van der Waals surface area (Å²) in [6.45, 7) is 5.44. The summed E-state index contributed by atoms with van der Waals surface area (Å²) in [5.74, 6) is -0.933. The van der Waals surface area contributed by atoms with Crippen molar-refractivity contribution in [2.24, 2.45) is 5.73 Å². The van der Waals surface area contributed by atoms with Crippen molar-refractivity contribution in [3.8, 4) is 0 Å². The highest BCUT2D eigenvalue weighted by Gasteiger charge is 2.19. The number of nitrogens with two attached hydrogens (primary N) is 1. The van der Waals surface area contributed by atoms with E-state index in [1.165, 1.54) is 22.2 Å². The van der Waals surface area contributed by atoms with Crippen LogP contribution >= 0.6 is 11.3 Å².